The van der Waals surface area contributed by atoms with Gasteiger partial charge in [-0.25, -0.2) is 0 Å². The van der Waals surface area contributed by atoms with Crippen molar-refractivity contribution < 1.29 is 4.79 Å². The number of halogens is 3. The Morgan fingerprint density at radius 1 is 1.21 bits per heavy atom. The monoisotopic (exact) mass is 400 g/mol. The van der Waals surface area contributed by atoms with Gasteiger partial charge in [-0.1, -0.05) is 61.7 Å². The number of carbonyl (C=O) groups excluding carboxylic acids is 1. The molecule has 19 heavy (non-hydrogen) atoms. The van der Waals surface area contributed by atoms with Gasteiger partial charge in [0.1, 0.15) is 0 Å². The third-order valence-corrected chi connectivity index (χ3v) is 4.64. The lowest BCUT2D eigenvalue weighted by Gasteiger charge is -2.08. The lowest BCUT2D eigenvalue weighted by atomic mass is 9.99. The summed E-state index contributed by atoms with van der Waals surface area (Å²) in [5.41, 5.74) is 2.53. The summed E-state index contributed by atoms with van der Waals surface area (Å²) in [7, 11) is 0. The second-order valence-electron chi connectivity index (χ2n) is 4.25. The van der Waals surface area contributed by atoms with Crippen molar-refractivity contribution in [2.75, 3.05) is 0 Å². The lowest BCUT2D eigenvalue weighted by Crippen LogP contribution is -2.06. The molecule has 2 aromatic rings. The molecule has 0 heterocycles. The van der Waals surface area contributed by atoms with Crippen LogP contribution in [0.4, 0.5) is 0 Å². The molecule has 2 rings (SSSR count). The van der Waals surface area contributed by atoms with E-state index in [1.54, 1.807) is 6.07 Å². The van der Waals surface area contributed by atoms with Gasteiger partial charge in [0, 0.05) is 26.0 Å². The highest BCUT2D eigenvalue weighted by Gasteiger charge is 2.13. The predicted molar refractivity (Wildman–Crippen MR) is 86.1 cm³/mol. The smallest absolute Gasteiger partial charge is 0.167 e. The fourth-order valence-corrected chi connectivity index (χ4v) is 2.95. The molecular formula is C15H11Br2ClO. The van der Waals surface area contributed by atoms with E-state index in [9.17, 15) is 4.79 Å². The van der Waals surface area contributed by atoms with E-state index < -0.39 is 0 Å². The summed E-state index contributed by atoms with van der Waals surface area (Å²) in [4.78, 5) is 12.3. The Balaban J connectivity index is 2.28. The second-order valence-corrected chi connectivity index (χ2v) is 6.43. The van der Waals surface area contributed by atoms with Crippen molar-refractivity contribution in [1.82, 2.24) is 0 Å². The van der Waals surface area contributed by atoms with Crippen molar-refractivity contribution in [3.05, 3.63) is 67.1 Å². The Hall–Kier alpha value is -0.640. The summed E-state index contributed by atoms with van der Waals surface area (Å²) >= 11 is 12.9. The van der Waals surface area contributed by atoms with Gasteiger partial charge in [0.05, 0.1) is 0 Å². The summed E-state index contributed by atoms with van der Waals surface area (Å²) < 4.78 is 1.85. The molecule has 0 aliphatic rings. The number of rotatable bonds is 3. The molecule has 0 bridgehead atoms. The van der Waals surface area contributed by atoms with Gasteiger partial charge in [0.15, 0.2) is 5.78 Å². The maximum Gasteiger partial charge on any atom is 0.167 e. The van der Waals surface area contributed by atoms with Gasteiger partial charge in [-0.2, -0.15) is 0 Å². The SMILES string of the molecule is Cc1c(Br)cccc1C(=O)Cc1ccc(Br)cc1Cl. The molecule has 0 atom stereocenters. The Bertz CT molecular complexity index is 638. The topological polar surface area (TPSA) is 17.1 Å². The second kappa shape index (κ2) is 6.21. The zero-order valence-corrected chi connectivity index (χ0v) is 14.1. The zero-order valence-electron chi connectivity index (χ0n) is 10.2. The summed E-state index contributed by atoms with van der Waals surface area (Å²) in [6.07, 6.45) is 0.309. The van der Waals surface area contributed by atoms with E-state index in [-0.39, 0.29) is 5.78 Å². The van der Waals surface area contributed by atoms with Gasteiger partial charge in [0.25, 0.3) is 0 Å². The van der Waals surface area contributed by atoms with Gasteiger partial charge < -0.3 is 0 Å². The standard InChI is InChI=1S/C15H11Br2ClO/c1-9-12(3-2-4-13(9)17)15(19)7-10-5-6-11(16)8-14(10)18/h2-6,8H,7H2,1H3. The number of hydrogen-bond acceptors (Lipinski definition) is 1. The molecule has 0 radical (unpaired) electrons. The van der Waals surface area contributed by atoms with Crippen molar-refractivity contribution >= 4 is 49.2 Å². The van der Waals surface area contributed by atoms with E-state index in [0.29, 0.717) is 11.4 Å². The molecule has 0 aliphatic heterocycles. The molecule has 0 N–H and O–H groups in total. The Morgan fingerprint density at radius 3 is 2.63 bits per heavy atom. The minimum atomic E-state index is 0.0722. The van der Waals surface area contributed by atoms with Crippen LogP contribution in [0.25, 0.3) is 0 Å². The van der Waals surface area contributed by atoms with Crippen LogP contribution >= 0.6 is 43.5 Å². The van der Waals surface area contributed by atoms with Gasteiger partial charge in [0.2, 0.25) is 0 Å². The number of ketones is 1. The maximum absolute atomic E-state index is 12.3. The maximum atomic E-state index is 12.3. The van der Waals surface area contributed by atoms with E-state index in [0.717, 1.165) is 25.6 Å². The van der Waals surface area contributed by atoms with Gasteiger partial charge in [-0.15, -0.1) is 0 Å². The third-order valence-electron chi connectivity index (χ3n) is 2.93. The Kier molecular flexibility index (Phi) is 4.82. The summed E-state index contributed by atoms with van der Waals surface area (Å²) in [5, 5.41) is 0.607. The van der Waals surface area contributed by atoms with Crippen LogP contribution < -0.4 is 0 Å². The zero-order chi connectivity index (χ0) is 14.0. The number of benzene rings is 2. The van der Waals surface area contributed by atoms with Crippen LogP contribution in [0, 0.1) is 6.92 Å². The fraction of sp³-hybridized carbons (Fsp3) is 0.133. The van der Waals surface area contributed by atoms with Gasteiger partial charge in [-0.05, 0) is 36.2 Å². The molecule has 0 amide bonds. The molecule has 98 valence electrons. The minimum absolute atomic E-state index is 0.0722. The van der Waals surface area contributed by atoms with E-state index in [2.05, 4.69) is 31.9 Å². The molecule has 0 fully saturated rings. The van der Waals surface area contributed by atoms with E-state index in [1.807, 2.05) is 37.3 Å². The van der Waals surface area contributed by atoms with Crippen LogP contribution in [0.3, 0.4) is 0 Å². The van der Waals surface area contributed by atoms with E-state index >= 15 is 0 Å². The van der Waals surface area contributed by atoms with Crippen LogP contribution in [0.5, 0.6) is 0 Å². The van der Waals surface area contributed by atoms with Gasteiger partial charge >= 0.3 is 0 Å². The molecule has 1 nitrogen and oxygen atoms in total. The molecule has 0 saturated heterocycles. The molecular weight excluding hydrogens is 391 g/mol. The van der Waals surface area contributed by atoms with Crippen molar-refractivity contribution in [2.24, 2.45) is 0 Å². The fourth-order valence-electron chi connectivity index (χ4n) is 1.84. The number of hydrogen-bond donors (Lipinski definition) is 0. The summed E-state index contributed by atoms with van der Waals surface area (Å²) in [6, 6.07) is 11.2. The van der Waals surface area contributed by atoms with Crippen LogP contribution in [0.15, 0.2) is 45.3 Å². The van der Waals surface area contributed by atoms with Crippen LogP contribution in [0.1, 0.15) is 21.5 Å². The molecule has 4 heteroatoms. The molecule has 0 spiro atoms. The van der Waals surface area contributed by atoms with Crippen LogP contribution in [-0.2, 0) is 6.42 Å². The van der Waals surface area contributed by atoms with Crippen molar-refractivity contribution in [2.45, 2.75) is 13.3 Å². The molecule has 0 saturated carbocycles. The highest BCUT2D eigenvalue weighted by atomic mass is 79.9. The van der Waals surface area contributed by atoms with Crippen LogP contribution in [-0.4, -0.2) is 5.78 Å². The van der Waals surface area contributed by atoms with Crippen molar-refractivity contribution in [1.29, 1.82) is 0 Å². The highest BCUT2D eigenvalue weighted by Crippen LogP contribution is 2.25. The highest BCUT2D eigenvalue weighted by molar-refractivity contribution is 9.10. The first-order valence-electron chi connectivity index (χ1n) is 5.71. The lowest BCUT2D eigenvalue weighted by molar-refractivity contribution is 0.0992. The van der Waals surface area contributed by atoms with Crippen molar-refractivity contribution in [3.63, 3.8) is 0 Å². The molecule has 0 aliphatic carbocycles. The molecule has 0 unspecified atom stereocenters. The normalized spacial score (nSPS) is 10.5. The Labute approximate surface area is 134 Å². The molecule has 2 aromatic carbocycles. The van der Waals surface area contributed by atoms with Crippen molar-refractivity contribution in [3.8, 4) is 0 Å². The first-order valence-corrected chi connectivity index (χ1v) is 7.67. The number of carbonyl (C=O) groups is 1. The number of Topliss-reactive ketones (excluding diaryl/α,β-unsaturated/α-hetero) is 1. The van der Waals surface area contributed by atoms with Crippen LogP contribution in [0.2, 0.25) is 5.02 Å². The van der Waals surface area contributed by atoms with E-state index in [1.165, 1.54) is 0 Å². The minimum Gasteiger partial charge on any atom is -0.294 e. The third kappa shape index (κ3) is 3.47. The average Bonchev–Trinajstić information content (AvgIpc) is 2.36. The van der Waals surface area contributed by atoms with Gasteiger partial charge in [-0.3, -0.25) is 4.79 Å². The van der Waals surface area contributed by atoms with E-state index in [4.69, 9.17) is 11.6 Å². The largest absolute Gasteiger partial charge is 0.294 e. The predicted octanol–water partition coefficient (Wildman–Crippen LogP) is 5.60. The summed E-state index contributed by atoms with van der Waals surface area (Å²) in [6.45, 7) is 1.93. The first-order chi connectivity index (χ1) is 8.99. The first kappa shape index (κ1) is 14.8. The quantitative estimate of drug-likeness (QED) is 0.611. The molecule has 0 aromatic heterocycles. The summed E-state index contributed by atoms with van der Waals surface area (Å²) in [5.74, 6) is 0.0722. The Morgan fingerprint density at radius 2 is 1.95 bits per heavy atom. The average molecular weight is 403 g/mol.